The van der Waals surface area contributed by atoms with Gasteiger partial charge in [0.25, 0.3) is 5.56 Å². The van der Waals surface area contributed by atoms with E-state index in [1.807, 2.05) is 0 Å². The summed E-state index contributed by atoms with van der Waals surface area (Å²) in [5, 5.41) is 13.8. The van der Waals surface area contributed by atoms with Crippen LogP contribution in [0.1, 0.15) is 31.9 Å². The molecule has 33 heavy (non-hydrogen) atoms. The Morgan fingerprint density at radius 1 is 1.03 bits per heavy atom. The number of ketones is 1. The fraction of sp³-hybridized carbons (Fsp3) is 0.348. The number of alkyl halides is 1. The lowest BCUT2D eigenvalue weighted by molar-refractivity contribution is -0.140. The molecule has 2 amide bonds. The van der Waals surface area contributed by atoms with Crippen molar-refractivity contribution in [2.45, 2.75) is 38.8 Å². The number of carboxylic acids is 1. The number of carboxylic acid groups (broad SMARTS) is 1. The first-order valence-corrected chi connectivity index (χ1v) is 10.3. The number of nitrogens with one attached hydrogen (secondary N) is 2. The smallest absolute Gasteiger partial charge is 0.305 e. The average molecular weight is 459 g/mol. The fourth-order valence-electron chi connectivity index (χ4n) is 3.06. The van der Waals surface area contributed by atoms with Crippen LogP contribution in [0.15, 0.2) is 53.5 Å². The largest absolute Gasteiger partial charge is 0.481 e. The Kier molecular flexibility index (Phi) is 9.02. The zero-order chi connectivity index (χ0) is 24.5. The van der Waals surface area contributed by atoms with Crippen molar-refractivity contribution in [2.24, 2.45) is 5.92 Å². The number of halogens is 1. The molecular weight excluding hydrogens is 433 g/mol. The molecule has 1 aromatic carbocycles. The van der Waals surface area contributed by atoms with E-state index in [1.54, 1.807) is 44.2 Å². The molecule has 0 saturated heterocycles. The number of amides is 2. The van der Waals surface area contributed by atoms with Crippen LogP contribution in [0.3, 0.4) is 0 Å². The second-order valence-corrected chi connectivity index (χ2v) is 7.74. The third kappa shape index (κ3) is 7.09. The van der Waals surface area contributed by atoms with Gasteiger partial charge in [-0.05, 0) is 17.7 Å². The number of Topliss-reactive ketones (excluding diaryl/α,β-unsaturated/α-hetero) is 1. The minimum Gasteiger partial charge on any atom is -0.481 e. The molecule has 2 rings (SSSR count). The molecule has 0 aliphatic carbocycles. The third-order valence-corrected chi connectivity index (χ3v) is 4.88. The van der Waals surface area contributed by atoms with Crippen LogP contribution in [0.25, 0.3) is 0 Å². The number of hydrogen-bond donors (Lipinski definition) is 3. The van der Waals surface area contributed by atoms with E-state index in [4.69, 9.17) is 5.11 Å². The summed E-state index contributed by atoms with van der Waals surface area (Å²) < 4.78 is 14.0. The summed E-state index contributed by atoms with van der Waals surface area (Å²) in [6.45, 7) is 1.87. The zero-order valence-corrected chi connectivity index (χ0v) is 18.3. The number of rotatable bonds is 11. The van der Waals surface area contributed by atoms with Gasteiger partial charge in [0.05, 0.1) is 6.42 Å². The fourth-order valence-corrected chi connectivity index (χ4v) is 3.06. The monoisotopic (exact) mass is 459 g/mol. The van der Waals surface area contributed by atoms with Crippen molar-refractivity contribution in [2.75, 3.05) is 12.0 Å². The van der Waals surface area contributed by atoms with E-state index < -0.39 is 48.4 Å². The van der Waals surface area contributed by atoms with E-state index in [2.05, 4.69) is 10.6 Å². The number of hydrogen-bond acceptors (Lipinski definition) is 5. The van der Waals surface area contributed by atoms with Gasteiger partial charge in [-0.25, -0.2) is 4.39 Å². The molecule has 1 heterocycles. The van der Waals surface area contributed by atoms with Gasteiger partial charge in [0, 0.05) is 18.5 Å². The number of carbonyl (C=O) groups is 4. The van der Waals surface area contributed by atoms with Gasteiger partial charge in [-0.15, -0.1) is 0 Å². The molecule has 176 valence electrons. The second kappa shape index (κ2) is 11.7. The van der Waals surface area contributed by atoms with Gasteiger partial charge in [0.15, 0.2) is 5.78 Å². The summed E-state index contributed by atoms with van der Waals surface area (Å²) in [5.41, 5.74) is -0.00839. The van der Waals surface area contributed by atoms with Crippen molar-refractivity contribution < 1.29 is 28.7 Å². The van der Waals surface area contributed by atoms with Crippen molar-refractivity contribution >= 4 is 29.3 Å². The highest BCUT2D eigenvalue weighted by atomic mass is 19.1. The van der Waals surface area contributed by atoms with Gasteiger partial charge in [-0.1, -0.05) is 44.2 Å². The summed E-state index contributed by atoms with van der Waals surface area (Å²) >= 11 is 0. The molecule has 0 bridgehead atoms. The highest BCUT2D eigenvalue weighted by Crippen LogP contribution is 2.16. The Balaban J connectivity index is 2.45. The van der Waals surface area contributed by atoms with Gasteiger partial charge in [0.1, 0.15) is 24.4 Å². The van der Waals surface area contributed by atoms with E-state index in [-0.39, 0.29) is 23.9 Å². The minimum absolute atomic E-state index is 0.0256. The van der Waals surface area contributed by atoms with E-state index in [9.17, 15) is 28.4 Å². The van der Waals surface area contributed by atoms with Crippen LogP contribution in [0.5, 0.6) is 0 Å². The second-order valence-electron chi connectivity index (χ2n) is 7.74. The lowest BCUT2D eigenvalue weighted by Gasteiger charge is -2.23. The summed E-state index contributed by atoms with van der Waals surface area (Å²) in [5.74, 6) is -4.08. The van der Waals surface area contributed by atoms with Gasteiger partial charge < -0.3 is 20.3 Å². The first-order chi connectivity index (χ1) is 15.6. The van der Waals surface area contributed by atoms with Crippen LogP contribution < -0.4 is 16.2 Å². The van der Waals surface area contributed by atoms with Crippen molar-refractivity contribution in [3.8, 4) is 0 Å². The molecule has 1 aromatic heterocycles. The number of aromatic nitrogens is 1. The van der Waals surface area contributed by atoms with Gasteiger partial charge in [0.2, 0.25) is 11.8 Å². The van der Waals surface area contributed by atoms with Crippen molar-refractivity contribution in [1.82, 2.24) is 9.88 Å². The molecule has 3 N–H and O–H groups in total. The predicted octanol–water partition coefficient (Wildman–Crippen LogP) is 1.72. The highest BCUT2D eigenvalue weighted by molar-refractivity contribution is 5.94. The third-order valence-electron chi connectivity index (χ3n) is 4.88. The number of nitrogens with zero attached hydrogens (tertiary/aromatic N) is 1. The normalized spacial score (nSPS) is 12.6. The van der Waals surface area contributed by atoms with E-state index >= 15 is 0 Å². The molecular formula is C23H26FN3O6. The van der Waals surface area contributed by atoms with Crippen molar-refractivity contribution in [1.29, 1.82) is 0 Å². The first kappa shape index (κ1) is 25.4. The number of anilines is 1. The summed E-state index contributed by atoms with van der Waals surface area (Å²) in [7, 11) is 0. The van der Waals surface area contributed by atoms with Crippen LogP contribution in [0.4, 0.5) is 10.1 Å². The van der Waals surface area contributed by atoms with Crippen molar-refractivity contribution in [3.63, 3.8) is 0 Å². The molecule has 10 heteroatoms. The summed E-state index contributed by atoms with van der Waals surface area (Å²) in [6.07, 6.45) is 0.577. The van der Waals surface area contributed by atoms with E-state index in [0.717, 1.165) is 4.57 Å². The predicted molar refractivity (Wildman–Crippen MR) is 119 cm³/mol. The van der Waals surface area contributed by atoms with E-state index in [0.29, 0.717) is 5.56 Å². The Bertz CT molecular complexity index is 1070. The number of pyridine rings is 1. The Labute approximate surface area is 189 Å². The molecule has 0 radical (unpaired) electrons. The maximum atomic E-state index is 13.1. The maximum Gasteiger partial charge on any atom is 0.305 e. The van der Waals surface area contributed by atoms with Crippen LogP contribution in [-0.4, -0.2) is 46.0 Å². The van der Waals surface area contributed by atoms with Gasteiger partial charge in [-0.3, -0.25) is 24.0 Å². The molecule has 2 atom stereocenters. The van der Waals surface area contributed by atoms with Crippen LogP contribution in [0, 0.1) is 5.92 Å². The molecule has 9 nitrogen and oxygen atoms in total. The minimum atomic E-state index is -1.59. The molecule has 0 aliphatic heterocycles. The van der Waals surface area contributed by atoms with Gasteiger partial charge >= 0.3 is 5.97 Å². The first-order valence-electron chi connectivity index (χ1n) is 10.3. The van der Waals surface area contributed by atoms with Gasteiger partial charge in [-0.2, -0.15) is 0 Å². The lowest BCUT2D eigenvalue weighted by atomic mass is 10.0. The standard InChI is InChI=1S/C23H26FN3O6/c1-14(2)21(31)25-16-9-6-10-27(23(16)33)18(11-15-7-4-3-5-8-15)22(32)26-17(12-20(29)30)19(28)13-24/h3-10,14,17-18H,11-13H2,1-2H3,(H,25,31)(H,26,32)(H,29,30)/t17-,18-/m0/s1. The maximum absolute atomic E-state index is 13.1. The molecule has 0 fully saturated rings. The van der Waals surface area contributed by atoms with Crippen LogP contribution in [0.2, 0.25) is 0 Å². The van der Waals surface area contributed by atoms with E-state index in [1.165, 1.54) is 18.3 Å². The highest BCUT2D eigenvalue weighted by Gasteiger charge is 2.29. The number of aliphatic carboxylic acids is 1. The van der Waals surface area contributed by atoms with Crippen LogP contribution in [-0.2, 0) is 25.6 Å². The van der Waals surface area contributed by atoms with Crippen LogP contribution >= 0.6 is 0 Å². The molecule has 0 saturated carbocycles. The Morgan fingerprint density at radius 3 is 2.27 bits per heavy atom. The molecule has 2 aromatic rings. The zero-order valence-electron chi connectivity index (χ0n) is 18.3. The Hall–Kier alpha value is -3.82. The molecule has 0 aliphatic rings. The molecule has 0 unspecified atom stereocenters. The average Bonchev–Trinajstić information content (AvgIpc) is 2.78. The quantitative estimate of drug-likeness (QED) is 0.468. The topological polar surface area (TPSA) is 135 Å². The summed E-state index contributed by atoms with van der Waals surface area (Å²) in [6, 6.07) is 8.82. The number of carbonyl (C=O) groups excluding carboxylic acids is 3. The SMILES string of the molecule is CC(C)C(=O)Nc1cccn([C@@H](Cc2ccccc2)C(=O)N[C@@H](CC(=O)O)C(=O)CF)c1=O. The Morgan fingerprint density at radius 2 is 1.70 bits per heavy atom. The molecule has 0 spiro atoms. The van der Waals surface area contributed by atoms with Crippen molar-refractivity contribution in [3.05, 3.63) is 64.6 Å². The summed E-state index contributed by atoms with van der Waals surface area (Å²) in [4.78, 5) is 61.2. The lowest BCUT2D eigenvalue weighted by Crippen LogP contribution is -2.47. The number of benzene rings is 1.